The molecule has 0 unspecified atom stereocenters. The number of anilines is 1. The van der Waals surface area contributed by atoms with Crippen LogP contribution in [0.4, 0.5) is 32.2 Å². The predicted octanol–water partition coefficient (Wildman–Crippen LogP) is 5.00. The molecule has 1 aromatic heterocycles. The highest BCUT2D eigenvalue weighted by Crippen LogP contribution is 2.38. The van der Waals surface area contributed by atoms with Crippen LogP contribution < -0.4 is 4.90 Å². The molecule has 1 saturated heterocycles. The first kappa shape index (κ1) is 25.9. The topological polar surface area (TPSA) is 66.4 Å². The first-order valence-electron chi connectivity index (χ1n) is 10.7. The summed E-state index contributed by atoms with van der Waals surface area (Å²) in [5, 5.41) is 8.38. The van der Waals surface area contributed by atoms with Crippen LogP contribution in [0, 0.1) is 6.92 Å². The van der Waals surface area contributed by atoms with Gasteiger partial charge in [0.25, 0.3) is 0 Å². The molecule has 192 valence electrons. The van der Waals surface area contributed by atoms with Gasteiger partial charge < -0.3 is 4.90 Å². The van der Waals surface area contributed by atoms with E-state index in [-0.39, 0.29) is 44.4 Å². The largest absolute Gasteiger partial charge is 0.416 e. The van der Waals surface area contributed by atoms with Gasteiger partial charge in [-0.15, -0.1) is 10.2 Å². The molecule has 2 heterocycles. The van der Waals surface area contributed by atoms with Gasteiger partial charge in [-0.25, -0.2) is 8.42 Å². The van der Waals surface area contributed by atoms with Gasteiger partial charge in [-0.05, 0) is 37.3 Å². The number of alkyl halides is 6. The zero-order valence-electron chi connectivity index (χ0n) is 18.8. The van der Waals surface area contributed by atoms with Crippen LogP contribution in [0.3, 0.4) is 0 Å². The summed E-state index contributed by atoms with van der Waals surface area (Å²) in [7, 11) is -4.61. The van der Waals surface area contributed by atoms with Gasteiger partial charge in [0.05, 0.1) is 21.7 Å². The minimum absolute atomic E-state index is 0.101. The van der Waals surface area contributed by atoms with E-state index in [1.165, 1.54) is 0 Å². The highest BCUT2D eigenvalue weighted by molar-refractivity contribution is 7.89. The third-order valence-corrected chi connectivity index (χ3v) is 7.64. The minimum atomic E-state index is -5.15. The van der Waals surface area contributed by atoms with E-state index in [9.17, 15) is 34.8 Å². The fourth-order valence-electron chi connectivity index (χ4n) is 3.75. The van der Waals surface area contributed by atoms with E-state index >= 15 is 0 Å². The third kappa shape index (κ3) is 5.46. The number of aromatic nitrogens is 2. The number of hydrogen-bond acceptors (Lipinski definition) is 5. The second-order valence-corrected chi connectivity index (χ2v) is 10.2. The lowest BCUT2D eigenvalue weighted by Crippen LogP contribution is -2.49. The van der Waals surface area contributed by atoms with Crippen LogP contribution in [0.25, 0.3) is 11.3 Å². The van der Waals surface area contributed by atoms with Crippen molar-refractivity contribution in [1.29, 1.82) is 0 Å². The van der Waals surface area contributed by atoms with Gasteiger partial charge in [0.2, 0.25) is 10.0 Å². The Morgan fingerprint density at radius 3 is 1.78 bits per heavy atom. The molecular formula is C23H20F6N4O2S. The summed E-state index contributed by atoms with van der Waals surface area (Å²) < 4.78 is 106. The van der Waals surface area contributed by atoms with Gasteiger partial charge in [-0.3, -0.25) is 0 Å². The summed E-state index contributed by atoms with van der Waals surface area (Å²) in [6.07, 6.45) is -10.3. The van der Waals surface area contributed by atoms with Crippen molar-refractivity contribution in [2.24, 2.45) is 0 Å². The molecule has 0 bridgehead atoms. The molecule has 0 spiro atoms. The average molecular weight is 530 g/mol. The molecule has 0 atom stereocenters. The number of aryl methyl sites for hydroxylation is 1. The van der Waals surface area contributed by atoms with Crippen LogP contribution in [0.5, 0.6) is 0 Å². The zero-order valence-corrected chi connectivity index (χ0v) is 19.6. The van der Waals surface area contributed by atoms with E-state index in [1.807, 2.05) is 31.2 Å². The molecule has 0 aliphatic carbocycles. The Morgan fingerprint density at radius 1 is 0.750 bits per heavy atom. The zero-order chi connectivity index (χ0) is 26.3. The van der Waals surface area contributed by atoms with Crippen molar-refractivity contribution in [3.05, 3.63) is 71.3 Å². The fraction of sp³-hybridized carbons (Fsp3) is 0.304. The molecule has 6 nitrogen and oxygen atoms in total. The van der Waals surface area contributed by atoms with Gasteiger partial charge in [0, 0.05) is 31.7 Å². The van der Waals surface area contributed by atoms with Crippen LogP contribution in [0.1, 0.15) is 16.7 Å². The van der Waals surface area contributed by atoms with E-state index in [2.05, 4.69) is 10.2 Å². The van der Waals surface area contributed by atoms with E-state index in [4.69, 9.17) is 0 Å². The molecular weight excluding hydrogens is 510 g/mol. The number of halogens is 6. The van der Waals surface area contributed by atoms with E-state index in [1.54, 1.807) is 17.0 Å². The summed E-state index contributed by atoms with van der Waals surface area (Å²) in [6.45, 7) is 1.91. The lowest BCUT2D eigenvalue weighted by atomic mass is 10.1. The Bertz CT molecular complexity index is 1300. The molecule has 3 aromatic rings. The Labute approximate surface area is 203 Å². The average Bonchev–Trinajstić information content (AvgIpc) is 2.83. The van der Waals surface area contributed by atoms with Crippen molar-refractivity contribution < 1.29 is 34.8 Å². The van der Waals surface area contributed by atoms with E-state index < -0.39 is 38.4 Å². The Morgan fingerprint density at radius 2 is 1.31 bits per heavy atom. The van der Waals surface area contributed by atoms with Gasteiger partial charge in [0.15, 0.2) is 5.82 Å². The number of nitrogens with zero attached hydrogens (tertiary/aromatic N) is 4. The second-order valence-electron chi connectivity index (χ2n) is 8.28. The molecule has 1 fully saturated rings. The molecule has 0 saturated carbocycles. The quantitative estimate of drug-likeness (QED) is 0.445. The fourth-order valence-corrected chi connectivity index (χ4v) is 5.25. The number of rotatable bonds is 4. The summed E-state index contributed by atoms with van der Waals surface area (Å²) in [5.74, 6) is 0.473. The van der Waals surface area contributed by atoms with Gasteiger partial charge >= 0.3 is 12.4 Å². The molecule has 36 heavy (non-hydrogen) atoms. The first-order valence-corrected chi connectivity index (χ1v) is 12.1. The van der Waals surface area contributed by atoms with Crippen molar-refractivity contribution in [1.82, 2.24) is 14.5 Å². The van der Waals surface area contributed by atoms with Crippen molar-refractivity contribution in [3.63, 3.8) is 0 Å². The maximum atomic E-state index is 13.2. The SMILES string of the molecule is Cc1ccc(-c2ccc(N3CCN(S(=O)(=O)c4cc(C(F)(F)F)cc(C(F)(F)F)c4)CC3)nn2)cc1. The standard InChI is InChI=1S/C23H20F6N4O2S/c1-15-2-4-16(5-3-15)20-6-7-21(31-30-20)32-8-10-33(11-9-32)36(34,35)19-13-17(22(24,25)26)12-18(14-19)23(27,28)29/h2-7,12-14H,8-11H2,1H3. The third-order valence-electron chi connectivity index (χ3n) is 5.76. The highest BCUT2D eigenvalue weighted by Gasteiger charge is 2.39. The van der Waals surface area contributed by atoms with Gasteiger partial charge in [0.1, 0.15) is 0 Å². The monoisotopic (exact) mass is 530 g/mol. The molecule has 0 N–H and O–H groups in total. The van der Waals surface area contributed by atoms with Crippen LogP contribution in [0.2, 0.25) is 0 Å². The van der Waals surface area contributed by atoms with Crippen molar-refractivity contribution in [3.8, 4) is 11.3 Å². The van der Waals surface area contributed by atoms with Gasteiger partial charge in [-0.1, -0.05) is 29.8 Å². The van der Waals surface area contributed by atoms with Crippen LogP contribution in [0.15, 0.2) is 59.5 Å². The Hall–Kier alpha value is -3.19. The van der Waals surface area contributed by atoms with Crippen LogP contribution >= 0.6 is 0 Å². The molecule has 0 radical (unpaired) electrons. The van der Waals surface area contributed by atoms with Crippen molar-refractivity contribution in [2.45, 2.75) is 24.2 Å². The molecule has 13 heteroatoms. The molecule has 1 aliphatic heterocycles. The van der Waals surface area contributed by atoms with Crippen molar-refractivity contribution >= 4 is 15.8 Å². The highest BCUT2D eigenvalue weighted by atomic mass is 32.2. The van der Waals surface area contributed by atoms with Crippen LogP contribution in [-0.4, -0.2) is 49.1 Å². The summed E-state index contributed by atoms with van der Waals surface area (Å²) in [4.78, 5) is 0.686. The lowest BCUT2D eigenvalue weighted by molar-refractivity contribution is -0.143. The van der Waals surface area contributed by atoms with Crippen molar-refractivity contribution in [2.75, 3.05) is 31.1 Å². The molecule has 4 rings (SSSR count). The first-order chi connectivity index (χ1) is 16.7. The van der Waals surface area contributed by atoms with Crippen LogP contribution in [-0.2, 0) is 22.4 Å². The number of benzene rings is 2. The summed E-state index contributed by atoms with van der Waals surface area (Å²) in [5.41, 5.74) is -0.757. The molecule has 0 amide bonds. The molecule has 1 aliphatic rings. The number of piperazine rings is 1. The molecule has 2 aromatic carbocycles. The predicted molar refractivity (Wildman–Crippen MR) is 120 cm³/mol. The maximum Gasteiger partial charge on any atom is 0.416 e. The Balaban J connectivity index is 1.51. The smallest absolute Gasteiger partial charge is 0.352 e. The number of sulfonamides is 1. The second kappa shape index (κ2) is 9.36. The minimum Gasteiger partial charge on any atom is -0.352 e. The summed E-state index contributed by atoms with van der Waals surface area (Å²) >= 11 is 0. The summed E-state index contributed by atoms with van der Waals surface area (Å²) in [6, 6.07) is 11.5. The lowest BCUT2D eigenvalue weighted by Gasteiger charge is -2.34. The maximum absolute atomic E-state index is 13.2. The number of hydrogen-bond donors (Lipinski definition) is 0. The Kier molecular flexibility index (Phi) is 6.73. The normalized spacial score (nSPS) is 15.8. The van der Waals surface area contributed by atoms with E-state index in [0.29, 0.717) is 11.5 Å². The van der Waals surface area contributed by atoms with E-state index in [0.717, 1.165) is 15.4 Å². The van der Waals surface area contributed by atoms with Gasteiger partial charge in [-0.2, -0.15) is 30.6 Å².